The smallest absolute Gasteiger partial charge is 0.224 e. The van der Waals surface area contributed by atoms with Crippen LogP contribution in [-0.2, 0) is 11.3 Å². The molecule has 1 aromatic heterocycles. The van der Waals surface area contributed by atoms with Gasteiger partial charge in [-0.1, -0.05) is 11.6 Å². The standard InChI is InChI=1S/C18H21ClN4O/c1-18-8-7-17(24)22(18)10-2-9-21(18)12-14-11-20-23(13-14)16-5-3-15(19)4-6-16/h3-6,11,13H,2,7-10,12H2,1H3/t18-/m0/s1. The van der Waals surface area contributed by atoms with Crippen LogP contribution >= 0.6 is 11.6 Å². The predicted molar refractivity (Wildman–Crippen MR) is 93.0 cm³/mol. The van der Waals surface area contributed by atoms with E-state index in [0.29, 0.717) is 12.3 Å². The second-order valence-corrected chi connectivity index (χ2v) is 7.24. The minimum absolute atomic E-state index is 0.141. The Labute approximate surface area is 146 Å². The van der Waals surface area contributed by atoms with Crippen molar-refractivity contribution in [2.24, 2.45) is 0 Å². The van der Waals surface area contributed by atoms with Crippen LogP contribution in [0.5, 0.6) is 0 Å². The molecule has 0 saturated carbocycles. The van der Waals surface area contributed by atoms with Gasteiger partial charge in [0.15, 0.2) is 0 Å². The molecular weight excluding hydrogens is 324 g/mol. The molecule has 0 spiro atoms. The summed E-state index contributed by atoms with van der Waals surface area (Å²) >= 11 is 5.94. The van der Waals surface area contributed by atoms with Crippen LogP contribution in [0.4, 0.5) is 0 Å². The van der Waals surface area contributed by atoms with Gasteiger partial charge >= 0.3 is 0 Å². The number of hydrogen-bond acceptors (Lipinski definition) is 3. The number of fused-ring (bicyclic) bond motifs is 1. The van der Waals surface area contributed by atoms with Crippen molar-refractivity contribution in [1.29, 1.82) is 0 Å². The molecule has 1 atom stereocenters. The SMILES string of the molecule is C[C@@]12CCC(=O)N1CCCN2Cc1cnn(-c2ccc(Cl)cc2)c1. The maximum atomic E-state index is 12.1. The number of carbonyl (C=O) groups excluding carboxylic acids is 1. The van der Waals surface area contributed by atoms with Crippen LogP contribution in [0.2, 0.25) is 5.02 Å². The van der Waals surface area contributed by atoms with E-state index in [1.54, 1.807) is 0 Å². The number of aromatic nitrogens is 2. The Hall–Kier alpha value is -1.85. The van der Waals surface area contributed by atoms with E-state index in [4.69, 9.17) is 11.6 Å². The quantitative estimate of drug-likeness (QED) is 0.859. The second kappa shape index (κ2) is 5.90. The molecule has 2 aromatic rings. The minimum Gasteiger partial charge on any atom is -0.324 e. The van der Waals surface area contributed by atoms with Crippen LogP contribution in [0.1, 0.15) is 31.7 Å². The third kappa shape index (κ3) is 2.62. The summed E-state index contributed by atoms with van der Waals surface area (Å²) in [6.07, 6.45) is 6.58. The number of nitrogens with zero attached hydrogens (tertiary/aromatic N) is 4. The fraction of sp³-hybridized carbons (Fsp3) is 0.444. The normalized spacial score (nSPS) is 24.4. The lowest BCUT2D eigenvalue weighted by atomic mass is 10.0. The van der Waals surface area contributed by atoms with Crippen LogP contribution in [0, 0.1) is 0 Å². The van der Waals surface area contributed by atoms with Gasteiger partial charge in [0.2, 0.25) is 5.91 Å². The van der Waals surface area contributed by atoms with Gasteiger partial charge < -0.3 is 4.90 Å². The molecule has 2 aliphatic rings. The van der Waals surface area contributed by atoms with E-state index in [-0.39, 0.29) is 5.66 Å². The number of carbonyl (C=O) groups is 1. The van der Waals surface area contributed by atoms with Crippen LogP contribution in [0.25, 0.3) is 5.69 Å². The topological polar surface area (TPSA) is 41.4 Å². The summed E-state index contributed by atoms with van der Waals surface area (Å²) in [6, 6.07) is 7.65. The van der Waals surface area contributed by atoms with E-state index in [2.05, 4.69) is 28.0 Å². The minimum atomic E-state index is -0.141. The second-order valence-electron chi connectivity index (χ2n) is 6.81. The zero-order chi connectivity index (χ0) is 16.7. The summed E-state index contributed by atoms with van der Waals surface area (Å²) in [5, 5.41) is 5.19. The average Bonchev–Trinajstić information content (AvgIpc) is 3.15. The Morgan fingerprint density at radius 3 is 2.83 bits per heavy atom. The molecule has 0 unspecified atom stereocenters. The number of halogens is 1. The molecule has 1 amide bonds. The van der Waals surface area contributed by atoms with Crippen molar-refractivity contribution in [3.8, 4) is 5.69 Å². The monoisotopic (exact) mass is 344 g/mol. The molecular formula is C18H21ClN4O. The van der Waals surface area contributed by atoms with E-state index >= 15 is 0 Å². The molecule has 0 radical (unpaired) electrons. The highest BCUT2D eigenvalue weighted by atomic mass is 35.5. The summed E-state index contributed by atoms with van der Waals surface area (Å²) in [7, 11) is 0. The Morgan fingerprint density at radius 2 is 2.04 bits per heavy atom. The molecule has 126 valence electrons. The van der Waals surface area contributed by atoms with Gasteiger partial charge in [-0.25, -0.2) is 4.68 Å². The van der Waals surface area contributed by atoms with Crippen LogP contribution in [0.3, 0.4) is 0 Å². The van der Waals surface area contributed by atoms with Crippen molar-refractivity contribution >= 4 is 17.5 Å². The molecule has 2 fully saturated rings. The molecule has 1 aromatic carbocycles. The van der Waals surface area contributed by atoms with E-state index in [9.17, 15) is 4.79 Å². The zero-order valence-corrected chi connectivity index (χ0v) is 14.5. The number of benzene rings is 1. The Kier molecular flexibility index (Phi) is 3.85. The molecule has 5 nitrogen and oxygen atoms in total. The molecule has 3 heterocycles. The van der Waals surface area contributed by atoms with E-state index in [0.717, 1.165) is 48.7 Å². The third-order valence-electron chi connectivity index (χ3n) is 5.29. The molecule has 24 heavy (non-hydrogen) atoms. The maximum Gasteiger partial charge on any atom is 0.224 e. The highest BCUT2D eigenvalue weighted by Crippen LogP contribution is 2.37. The number of rotatable bonds is 3. The predicted octanol–water partition coefficient (Wildman–Crippen LogP) is 3.07. The summed E-state index contributed by atoms with van der Waals surface area (Å²) in [6.45, 7) is 4.91. The summed E-state index contributed by atoms with van der Waals surface area (Å²) in [4.78, 5) is 16.6. The van der Waals surface area contributed by atoms with Crippen LogP contribution in [-0.4, -0.2) is 44.2 Å². The lowest BCUT2D eigenvalue weighted by Crippen LogP contribution is -2.60. The summed E-state index contributed by atoms with van der Waals surface area (Å²) in [5.74, 6) is 0.291. The summed E-state index contributed by atoms with van der Waals surface area (Å²) in [5.41, 5.74) is 2.01. The molecule has 0 aliphatic carbocycles. The molecule has 2 aliphatic heterocycles. The fourth-order valence-electron chi connectivity index (χ4n) is 3.88. The van der Waals surface area contributed by atoms with Crippen LogP contribution < -0.4 is 0 Å². The molecule has 4 rings (SSSR count). The Morgan fingerprint density at radius 1 is 1.25 bits per heavy atom. The van der Waals surface area contributed by atoms with Crippen molar-refractivity contribution in [3.63, 3.8) is 0 Å². The first-order valence-corrected chi connectivity index (χ1v) is 8.79. The lowest BCUT2D eigenvalue weighted by molar-refractivity contribution is -0.141. The molecule has 6 heteroatoms. The number of amides is 1. The van der Waals surface area contributed by atoms with Crippen molar-refractivity contribution in [2.75, 3.05) is 13.1 Å². The van der Waals surface area contributed by atoms with Crippen molar-refractivity contribution in [1.82, 2.24) is 19.6 Å². The first-order chi connectivity index (χ1) is 11.6. The average molecular weight is 345 g/mol. The highest BCUT2D eigenvalue weighted by Gasteiger charge is 2.47. The molecule has 0 bridgehead atoms. The van der Waals surface area contributed by atoms with Gasteiger partial charge in [-0.15, -0.1) is 0 Å². The van der Waals surface area contributed by atoms with E-state index in [1.807, 2.05) is 35.1 Å². The van der Waals surface area contributed by atoms with Gasteiger partial charge in [0.1, 0.15) is 0 Å². The van der Waals surface area contributed by atoms with Gasteiger partial charge in [-0.2, -0.15) is 5.10 Å². The Bertz CT molecular complexity index is 757. The largest absolute Gasteiger partial charge is 0.324 e. The Balaban J connectivity index is 1.53. The van der Waals surface area contributed by atoms with Gasteiger partial charge in [0.25, 0.3) is 0 Å². The maximum absolute atomic E-state index is 12.1. The lowest BCUT2D eigenvalue weighted by Gasteiger charge is -2.48. The van der Waals surface area contributed by atoms with Crippen molar-refractivity contribution in [2.45, 2.75) is 38.4 Å². The summed E-state index contributed by atoms with van der Waals surface area (Å²) < 4.78 is 1.87. The van der Waals surface area contributed by atoms with E-state index < -0.39 is 0 Å². The molecule has 2 saturated heterocycles. The van der Waals surface area contributed by atoms with Gasteiger partial charge in [0.05, 0.1) is 17.5 Å². The van der Waals surface area contributed by atoms with Gasteiger partial charge in [0, 0.05) is 42.8 Å². The molecule has 0 N–H and O–H groups in total. The van der Waals surface area contributed by atoms with Crippen molar-refractivity contribution < 1.29 is 4.79 Å². The van der Waals surface area contributed by atoms with Crippen molar-refractivity contribution in [3.05, 3.63) is 47.2 Å². The highest BCUT2D eigenvalue weighted by molar-refractivity contribution is 6.30. The fourth-order valence-corrected chi connectivity index (χ4v) is 4.01. The first kappa shape index (κ1) is 15.7. The van der Waals surface area contributed by atoms with Crippen LogP contribution in [0.15, 0.2) is 36.7 Å². The first-order valence-electron chi connectivity index (χ1n) is 8.41. The third-order valence-corrected chi connectivity index (χ3v) is 5.54. The van der Waals surface area contributed by atoms with Gasteiger partial charge in [-0.3, -0.25) is 9.69 Å². The zero-order valence-electron chi connectivity index (χ0n) is 13.8. The van der Waals surface area contributed by atoms with E-state index in [1.165, 1.54) is 0 Å². The van der Waals surface area contributed by atoms with Gasteiger partial charge in [-0.05, 0) is 44.0 Å². The number of hydrogen-bond donors (Lipinski definition) is 0.